The molecule has 3 aliphatic rings. The Morgan fingerprint density at radius 3 is 2.48 bits per heavy atom. The monoisotopic (exact) mass is 422 g/mol. The van der Waals surface area contributed by atoms with Gasteiger partial charge in [0.2, 0.25) is 0 Å². The zero-order valence-electron chi connectivity index (χ0n) is 19.5. The molecule has 0 aromatic carbocycles. The quantitative estimate of drug-likeness (QED) is 0.788. The van der Waals surface area contributed by atoms with Gasteiger partial charge in [0.25, 0.3) is 0 Å². The molecule has 2 aliphatic heterocycles. The topological polar surface area (TPSA) is 51.3 Å². The maximum Gasteiger partial charge on any atom is 0.156 e. The number of hydrogen-bond donors (Lipinski definition) is 1. The predicted molar refractivity (Wildman–Crippen MR) is 127 cm³/mol. The van der Waals surface area contributed by atoms with E-state index in [1.54, 1.807) is 0 Å². The van der Waals surface area contributed by atoms with Crippen LogP contribution in [0, 0.1) is 6.92 Å². The highest BCUT2D eigenvalue weighted by Crippen LogP contribution is 2.41. The molecule has 1 aliphatic carbocycles. The number of anilines is 1. The lowest BCUT2D eigenvalue weighted by atomic mass is 10.1. The fraction of sp³-hybridized carbons (Fsp3) is 0.680. The van der Waals surface area contributed by atoms with Gasteiger partial charge in [-0.05, 0) is 78.1 Å². The molecule has 6 nitrogen and oxygen atoms in total. The highest BCUT2D eigenvalue weighted by Gasteiger charge is 2.29. The lowest BCUT2D eigenvalue weighted by Crippen LogP contribution is -2.50. The molecule has 0 bridgehead atoms. The molecular formula is C25H38N6. The van der Waals surface area contributed by atoms with Crippen molar-refractivity contribution in [3.8, 4) is 11.5 Å². The number of rotatable bonds is 5. The van der Waals surface area contributed by atoms with E-state index in [2.05, 4.69) is 58.7 Å². The van der Waals surface area contributed by atoms with Gasteiger partial charge in [0.05, 0.1) is 5.69 Å². The third-order valence-electron chi connectivity index (χ3n) is 7.48. The lowest BCUT2D eigenvalue weighted by Gasteiger charge is -2.39. The van der Waals surface area contributed by atoms with Crippen LogP contribution in [0.15, 0.2) is 18.2 Å². The average molecular weight is 423 g/mol. The Balaban J connectivity index is 1.21. The van der Waals surface area contributed by atoms with Crippen LogP contribution in [-0.2, 0) is 0 Å². The van der Waals surface area contributed by atoms with Gasteiger partial charge < -0.3 is 14.8 Å². The molecular weight excluding hydrogens is 384 g/mol. The molecule has 0 amide bonds. The molecule has 168 valence electrons. The van der Waals surface area contributed by atoms with Crippen molar-refractivity contribution in [2.45, 2.75) is 70.9 Å². The fourth-order valence-corrected chi connectivity index (χ4v) is 5.38. The van der Waals surface area contributed by atoms with Crippen LogP contribution in [-0.4, -0.2) is 76.1 Å². The van der Waals surface area contributed by atoms with E-state index in [4.69, 9.17) is 9.97 Å². The number of aromatic nitrogens is 3. The number of aromatic amines is 1. The van der Waals surface area contributed by atoms with Gasteiger partial charge in [0, 0.05) is 49.9 Å². The Bertz CT molecular complexity index is 878. The molecule has 1 N–H and O–H groups in total. The second-order valence-electron chi connectivity index (χ2n) is 9.99. The Labute approximate surface area is 187 Å². The van der Waals surface area contributed by atoms with E-state index in [-0.39, 0.29) is 0 Å². The summed E-state index contributed by atoms with van der Waals surface area (Å²) in [5.41, 5.74) is 3.42. The average Bonchev–Trinajstić information content (AvgIpc) is 3.59. The minimum absolute atomic E-state index is 0.665. The van der Waals surface area contributed by atoms with E-state index in [0.717, 1.165) is 49.6 Å². The molecule has 2 aromatic heterocycles. The smallest absolute Gasteiger partial charge is 0.156 e. The molecule has 6 heteroatoms. The van der Waals surface area contributed by atoms with E-state index in [1.807, 2.05) is 0 Å². The van der Waals surface area contributed by atoms with Crippen molar-refractivity contribution in [2.75, 3.05) is 44.2 Å². The Kier molecular flexibility index (Phi) is 6.02. The van der Waals surface area contributed by atoms with Crippen molar-refractivity contribution in [3.63, 3.8) is 0 Å². The first-order valence-corrected chi connectivity index (χ1v) is 12.4. The second-order valence-corrected chi connectivity index (χ2v) is 9.99. The molecule has 1 saturated carbocycles. The van der Waals surface area contributed by atoms with Crippen molar-refractivity contribution >= 4 is 5.82 Å². The summed E-state index contributed by atoms with van der Waals surface area (Å²) in [6, 6.07) is 7.79. The molecule has 0 radical (unpaired) electrons. The number of nitrogens with one attached hydrogen (secondary N) is 1. The largest absolute Gasteiger partial charge is 0.354 e. The number of pyridine rings is 1. The molecule has 5 rings (SSSR count). The van der Waals surface area contributed by atoms with Crippen LogP contribution in [0.2, 0.25) is 0 Å². The van der Waals surface area contributed by atoms with Crippen LogP contribution < -0.4 is 4.90 Å². The number of piperazine rings is 1. The molecule has 31 heavy (non-hydrogen) atoms. The molecule has 0 spiro atoms. The van der Waals surface area contributed by atoms with Crippen LogP contribution in [0.25, 0.3) is 11.5 Å². The molecule has 2 aromatic rings. The summed E-state index contributed by atoms with van der Waals surface area (Å²) in [4.78, 5) is 21.2. The first-order chi connectivity index (χ1) is 15.1. The maximum atomic E-state index is 4.99. The van der Waals surface area contributed by atoms with Crippen LogP contribution in [0.4, 0.5) is 5.82 Å². The molecule has 1 atom stereocenters. The standard InChI is InChI=1S/C25H38N6/c1-18(2)29-12-5-6-21(11-13-29)30-14-16-31(17-15-30)23-8-4-7-22(27-23)25-26-19(3)24(28-25)20-9-10-20/h4,7-8,18,20-21H,5-6,9-17H2,1-3H3,(H,26,28). The van der Waals surface area contributed by atoms with Crippen LogP contribution >= 0.6 is 0 Å². The molecule has 3 fully saturated rings. The fourth-order valence-electron chi connectivity index (χ4n) is 5.38. The van der Waals surface area contributed by atoms with E-state index in [9.17, 15) is 0 Å². The zero-order valence-corrected chi connectivity index (χ0v) is 19.5. The van der Waals surface area contributed by atoms with Gasteiger partial charge in [-0.2, -0.15) is 0 Å². The first-order valence-electron chi connectivity index (χ1n) is 12.4. The van der Waals surface area contributed by atoms with Crippen molar-refractivity contribution < 1.29 is 0 Å². The summed E-state index contributed by atoms with van der Waals surface area (Å²) in [6.45, 7) is 13.7. The number of hydrogen-bond acceptors (Lipinski definition) is 5. The number of imidazole rings is 1. The summed E-state index contributed by atoms with van der Waals surface area (Å²) < 4.78 is 0. The minimum atomic E-state index is 0.665. The molecule has 1 unspecified atom stereocenters. The Morgan fingerprint density at radius 2 is 1.74 bits per heavy atom. The van der Waals surface area contributed by atoms with Gasteiger partial charge in [-0.1, -0.05) is 6.07 Å². The Morgan fingerprint density at radius 1 is 0.935 bits per heavy atom. The second kappa shape index (κ2) is 8.91. The minimum Gasteiger partial charge on any atom is -0.354 e. The normalized spacial score (nSPS) is 24.0. The highest BCUT2D eigenvalue weighted by atomic mass is 15.3. The van der Waals surface area contributed by atoms with E-state index in [0.29, 0.717) is 12.0 Å². The van der Waals surface area contributed by atoms with E-state index < -0.39 is 0 Å². The number of H-pyrrole nitrogens is 1. The summed E-state index contributed by atoms with van der Waals surface area (Å²) in [6.07, 6.45) is 6.54. The van der Waals surface area contributed by atoms with Crippen LogP contribution in [0.1, 0.15) is 63.3 Å². The summed E-state index contributed by atoms with van der Waals surface area (Å²) in [5.74, 6) is 2.68. The Hall–Kier alpha value is -1.92. The zero-order chi connectivity index (χ0) is 21.4. The van der Waals surface area contributed by atoms with Gasteiger partial charge in [0.15, 0.2) is 5.82 Å². The van der Waals surface area contributed by atoms with Crippen LogP contribution in [0.5, 0.6) is 0 Å². The highest BCUT2D eigenvalue weighted by molar-refractivity contribution is 5.55. The third kappa shape index (κ3) is 4.65. The summed E-state index contributed by atoms with van der Waals surface area (Å²) in [7, 11) is 0. The van der Waals surface area contributed by atoms with Crippen LogP contribution in [0.3, 0.4) is 0 Å². The number of aryl methyl sites for hydroxylation is 1. The van der Waals surface area contributed by atoms with Gasteiger partial charge >= 0.3 is 0 Å². The van der Waals surface area contributed by atoms with Gasteiger partial charge in [0.1, 0.15) is 11.5 Å². The summed E-state index contributed by atoms with van der Waals surface area (Å²) >= 11 is 0. The third-order valence-corrected chi connectivity index (χ3v) is 7.48. The van der Waals surface area contributed by atoms with Crippen molar-refractivity contribution in [1.29, 1.82) is 0 Å². The number of likely N-dealkylation sites (tertiary alicyclic amines) is 1. The summed E-state index contributed by atoms with van der Waals surface area (Å²) in [5, 5.41) is 0. The van der Waals surface area contributed by atoms with E-state index >= 15 is 0 Å². The van der Waals surface area contributed by atoms with Gasteiger partial charge in [-0.15, -0.1) is 0 Å². The predicted octanol–water partition coefficient (Wildman–Crippen LogP) is 4.04. The SMILES string of the molecule is Cc1[nH]c(-c2cccc(N3CCN(C4CCCN(C(C)C)CC4)CC3)n2)nc1C1CC1. The van der Waals surface area contributed by atoms with Gasteiger partial charge in [-0.25, -0.2) is 9.97 Å². The van der Waals surface area contributed by atoms with Crippen molar-refractivity contribution in [2.24, 2.45) is 0 Å². The van der Waals surface area contributed by atoms with Crippen molar-refractivity contribution in [3.05, 3.63) is 29.6 Å². The van der Waals surface area contributed by atoms with Gasteiger partial charge in [-0.3, -0.25) is 4.90 Å². The lowest BCUT2D eigenvalue weighted by molar-refractivity contribution is 0.163. The molecule has 2 saturated heterocycles. The van der Waals surface area contributed by atoms with Crippen molar-refractivity contribution in [1.82, 2.24) is 24.8 Å². The van der Waals surface area contributed by atoms with E-state index in [1.165, 1.54) is 56.6 Å². The molecule has 4 heterocycles. The maximum absolute atomic E-state index is 4.99. The number of nitrogens with zero attached hydrogens (tertiary/aromatic N) is 5. The first kappa shape index (κ1) is 21.0.